The first-order valence-electron chi connectivity index (χ1n) is 35.8. The number of carbonyl (C=O) groups excluding carboxylic acids is 2. The molecule has 79 heavy (non-hydrogen) atoms. The lowest BCUT2D eigenvalue weighted by Crippen LogP contribution is -2.45. The van der Waals surface area contributed by atoms with Gasteiger partial charge in [0.25, 0.3) is 0 Å². The lowest BCUT2D eigenvalue weighted by Gasteiger charge is -2.20. The minimum absolute atomic E-state index is 0.00482. The number of nitrogens with one attached hydrogen (secondary N) is 1. The third-order valence-electron chi connectivity index (χ3n) is 16.7. The number of aliphatic hydroxyl groups excluding tert-OH is 2. The summed E-state index contributed by atoms with van der Waals surface area (Å²) in [6.45, 7) is 4.91. The predicted octanol–water partition coefficient (Wildman–Crippen LogP) is 23.1. The van der Waals surface area contributed by atoms with Crippen LogP contribution in [0.3, 0.4) is 0 Å². The Labute approximate surface area is 494 Å². The molecule has 1 amide bonds. The van der Waals surface area contributed by atoms with Crippen LogP contribution in [0.2, 0.25) is 0 Å². The topological polar surface area (TPSA) is 95.9 Å². The van der Waals surface area contributed by atoms with Crippen LogP contribution in [0.25, 0.3) is 0 Å². The van der Waals surface area contributed by atoms with E-state index in [2.05, 4.69) is 43.5 Å². The lowest BCUT2D eigenvalue weighted by atomic mass is 10.0. The van der Waals surface area contributed by atoms with E-state index in [1.807, 2.05) is 6.08 Å². The molecule has 0 aliphatic rings. The number of esters is 1. The highest BCUT2D eigenvalue weighted by molar-refractivity contribution is 5.76. The first kappa shape index (κ1) is 77.1. The molecule has 0 aliphatic carbocycles. The standard InChI is InChI=1S/C73H139NO5/c1-3-5-7-9-11-13-15-17-19-20-31-34-38-41-45-49-53-57-61-65-71(76)70(69-75)74-72(77)66-62-58-54-50-46-42-39-35-32-29-27-25-23-21-22-24-26-28-30-33-36-40-44-48-52-56-60-64-68-79-73(78)67-63-59-55-51-47-43-37-18-16-14-12-10-8-6-4-2/h12,14,18,37,61,65,70-71,75-76H,3-11,13,15-17,19-36,38-60,62-64,66-69H2,1-2H3,(H,74,77)/b14-12-,37-18-,65-61+. The van der Waals surface area contributed by atoms with Crippen LogP contribution in [-0.2, 0) is 14.3 Å². The van der Waals surface area contributed by atoms with Gasteiger partial charge in [0.05, 0.1) is 25.4 Å². The Morgan fingerprint density at radius 1 is 0.354 bits per heavy atom. The van der Waals surface area contributed by atoms with Gasteiger partial charge in [0.15, 0.2) is 0 Å². The van der Waals surface area contributed by atoms with Gasteiger partial charge in [0, 0.05) is 12.8 Å². The fourth-order valence-electron chi connectivity index (χ4n) is 11.2. The van der Waals surface area contributed by atoms with Crippen molar-refractivity contribution in [3.63, 3.8) is 0 Å². The van der Waals surface area contributed by atoms with Gasteiger partial charge >= 0.3 is 5.97 Å². The number of amides is 1. The van der Waals surface area contributed by atoms with E-state index in [0.29, 0.717) is 19.4 Å². The summed E-state index contributed by atoms with van der Waals surface area (Å²) in [7, 11) is 0. The highest BCUT2D eigenvalue weighted by atomic mass is 16.5. The number of rotatable bonds is 67. The molecular formula is C73H139NO5. The van der Waals surface area contributed by atoms with Crippen molar-refractivity contribution in [1.82, 2.24) is 5.32 Å². The number of unbranched alkanes of at least 4 members (excludes halogenated alkanes) is 52. The van der Waals surface area contributed by atoms with Crippen LogP contribution in [0.1, 0.15) is 393 Å². The highest BCUT2D eigenvalue weighted by Crippen LogP contribution is 2.19. The lowest BCUT2D eigenvalue weighted by molar-refractivity contribution is -0.143. The molecule has 0 aromatic rings. The van der Waals surface area contributed by atoms with E-state index in [4.69, 9.17) is 4.74 Å². The van der Waals surface area contributed by atoms with Gasteiger partial charge in [0.2, 0.25) is 5.91 Å². The average molecular weight is 1110 g/mol. The van der Waals surface area contributed by atoms with E-state index in [-0.39, 0.29) is 18.5 Å². The van der Waals surface area contributed by atoms with Crippen LogP contribution >= 0.6 is 0 Å². The van der Waals surface area contributed by atoms with E-state index in [1.54, 1.807) is 6.08 Å². The SMILES string of the molecule is CCCCC/C=C\C/C=C\CCCCCCCC(=O)OCCCCCCCCCCCCCCCCCCCCCCCCCCCCCCC(=O)NC(CO)C(O)/C=C/CCCCCCCCCCCCCCCCCCC. The minimum atomic E-state index is -0.843. The van der Waals surface area contributed by atoms with Crippen molar-refractivity contribution in [3.8, 4) is 0 Å². The summed E-state index contributed by atoms with van der Waals surface area (Å²) in [6, 6.07) is -0.626. The largest absolute Gasteiger partial charge is 0.466 e. The summed E-state index contributed by atoms with van der Waals surface area (Å²) in [5.74, 6) is -0.0567. The van der Waals surface area contributed by atoms with Crippen molar-refractivity contribution in [2.45, 2.75) is 405 Å². The van der Waals surface area contributed by atoms with Gasteiger partial charge in [-0.2, -0.15) is 0 Å². The Hall–Kier alpha value is -1.92. The van der Waals surface area contributed by atoms with Crippen LogP contribution in [0.5, 0.6) is 0 Å². The molecule has 6 nitrogen and oxygen atoms in total. The van der Waals surface area contributed by atoms with Gasteiger partial charge < -0.3 is 20.3 Å². The molecule has 6 heteroatoms. The van der Waals surface area contributed by atoms with E-state index in [9.17, 15) is 19.8 Å². The van der Waals surface area contributed by atoms with Gasteiger partial charge in [-0.25, -0.2) is 0 Å². The number of aliphatic hydroxyl groups is 2. The monoisotopic (exact) mass is 1110 g/mol. The van der Waals surface area contributed by atoms with Crippen LogP contribution in [0.15, 0.2) is 36.5 Å². The van der Waals surface area contributed by atoms with Crippen molar-refractivity contribution in [3.05, 3.63) is 36.5 Å². The van der Waals surface area contributed by atoms with Crippen LogP contribution in [-0.4, -0.2) is 47.4 Å². The number of ether oxygens (including phenoxy) is 1. The van der Waals surface area contributed by atoms with E-state index in [1.165, 1.54) is 315 Å². The molecule has 3 N–H and O–H groups in total. The quantitative estimate of drug-likeness (QED) is 0.0320. The van der Waals surface area contributed by atoms with E-state index >= 15 is 0 Å². The maximum atomic E-state index is 12.5. The third-order valence-corrected chi connectivity index (χ3v) is 16.7. The van der Waals surface area contributed by atoms with Gasteiger partial charge in [-0.15, -0.1) is 0 Å². The van der Waals surface area contributed by atoms with Gasteiger partial charge in [-0.3, -0.25) is 9.59 Å². The zero-order valence-corrected chi connectivity index (χ0v) is 53.4. The Bertz CT molecular complexity index is 1280. The molecule has 2 atom stereocenters. The second-order valence-electron chi connectivity index (χ2n) is 24.6. The summed E-state index contributed by atoms with van der Waals surface area (Å²) >= 11 is 0. The second-order valence-corrected chi connectivity index (χ2v) is 24.6. The molecule has 0 aromatic heterocycles. The summed E-state index contributed by atoms with van der Waals surface area (Å²) in [5.41, 5.74) is 0. The second kappa shape index (κ2) is 68.6. The van der Waals surface area contributed by atoms with Crippen molar-refractivity contribution in [1.29, 1.82) is 0 Å². The summed E-state index contributed by atoms with van der Waals surface area (Å²) < 4.78 is 5.49. The Balaban J connectivity index is 3.37. The fourth-order valence-corrected chi connectivity index (χ4v) is 11.2. The molecule has 2 unspecified atom stereocenters. The molecule has 0 spiro atoms. The fraction of sp³-hybridized carbons (Fsp3) is 0.890. The van der Waals surface area contributed by atoms with Gasteiger partial charge in [-0.05, 0) is 64.2 Å². The molecule has 466 valence electrons. The summed E-state index contributed by atoms with van der Waals surface area (Å²) in [6.07, 6.45) is 88.0. The molecule has 0 saturated heterocycles. The molecule has 0 bridgehead atoms. The van der Waals surface area contributed by atoms with E-state index in [0.717, 1.165) is 51.4 Å². The Morgan fingerprint density at radius 3 is 0.987 bits per heavy atom. The summed E-state index contributed by atoms with van der Waals surface area (Å²) in [4.78, 5) is 24.6. The number of hydrogen-bond donors (Lipinski definition) is 3. The normalized spacial score (nSPS) is 12.7. The van der Waals surface area contributed by atoms with E-state index < -0.39 is 12.1 Å². The van der Waals surface area contributed by atoms with Crippen molar-refractivity contribution in [2.24, 2.45) is 0 Å². The van der Waals surface area contributed by atoms with Gasteiger partial charge in [0.1, 0.15) is 0 Å². The molecule has 0 radical (unpaired) electrons. The molecule has 0 fully saturated rings. The van der Waals surface area contributed by atoms with Crippen molar-refractivity contribution in [2.75, 3.05) is 13.2 Å². The first-order chi connectivity index (χ1) is 39.0. The Morgan fingerprint density at radius 2 is 0.633 bits per heavy atom. The minimum Gasteiger partial charge on any atom is -0.466 e. The maximum absolute atomic E-state index is 12.5. The smallest absolute Gasteiger partial charge is 0.305 e. The number of hydrogen-bond acceptors (Lipinski definition) is 5. The van der Waals surface area contributed by atoms with Gasteiger partial charge in [-0.1, -0.05) is 352 Å². The first-order valence-corrected chi connectivity index (χ1v) is 35.8. The third kappa shape index (κ3) is 65.1. The molecule has 0 rings (SSSR count). The molecule has 0 heterocycles. The van der Waals surface area contributed by atoms with Crippen molar-refractivity contribution < 1.29 is 24.5 Å². The zero-order chi connectivity index (χ0) is 57.1. The summed E-state index contributed by atoms with van der Waals surface area (Å²) in [5, 5.41) is 23.2. The predicted molar refractivity (Wildman–Crippen MR) is 347 cm³/mol. The van der Waals surface area contributed by atoms with Crippen LogP contribution in [0, 0.1) is 0 Å². The molecule has 0 aliphatic heterocycles. The number of carbonyl (C=O) groups is 2. The zero-order valence-electron chi connectivity index (χ0n) is 53.4. The molecule has 0 saturated carbocycles. The Kier molecular flexibility index (Phi) is 66.9. The number of allylic oxidation sites excluding steroid dienone is 5. The average Bonchev–Trinajstić information content (AvgIpc) is 3.45. The van der Waals surface area contributed by atoms with Crippen molar-refractivity contribution >= 4 is 11.9 Å². The maximum Gasteiger partial charge on any atom is 0.305 e. The molecular weight excluding hydrogens is 971 g/mol. The highest BCUT2D eigenvalue weighted by Gasteiger charge is 2.18. The molecule has 0 aromatic carbocycles. The van der Waals surface area contributed by atoms with Crippen LogP contribution < -0.4 is 5.32 Å². The van der Waals surface area contributed by atoms with Crippen LogP contribution in [0.4, 0.5) is 0 Å².